The molecule has 0 spiro atoms. The Morgan fingerprint density at radius 3 is 2.43 bits per heavy atom. The largest absolute Gasteiger partial charge is 0.283 e. The number of hydrogen-bond donors (Lipinski definition) is 0. The van der Waals surface area contributed by atoms with Gasteiger partial charge in [0.05, 0.1) is 23.2 Å². The first kappa shape index (κ1) is 20.2. The van der Waals surface area contributed by atoms with Gasteiger partial charge in [0.15, 0.2) is 5.13 Å². The van der Waals surface area contributed by atoms with Crippen molar-refractivity contribution >= 4 is 32.6 Å². The zero-order valence-corrected chi connectivity index (χ0v) is 17.8. The molecule has 1 heterocycles. The van der Waals surface area contributed by atoms with E-state index in [0.717, 1.165) is 15.8 Å². The highest BCUT2D eigenvalue weighted by Crippen LogP contribution is 2.31. The van der Waals surface area contributed by atoms with Crippen molar-refractivity contribution in [2.45, 2.75) is 32.7 Å². The van der Waals surface area contributed by atoms with Crippen molar-refractivity contribution in [3.63, 3.8) is 0 Å². The van der Waals surface area contributed by atoms with Crippen LogP contribution in [-0.4, -0.2) is 10.9 Å². The van der Waals surface area contributed by atoms with Crippen LogP contribution in [0.2, 0.25) is 0 Å². The molecule has 0 radical (unpaired) electrons. The van der Waals surface area contributed by atoms with Gasteiger partial charge in [-0.25, -0.2) is 9.37 Å². The van der Waals surface area contributed by atoms with Crippen LogP contribution in [0.1, 0.15) is 36.5 Å². The van der Waals surface area contributed by atoms with Crippen LogP contribution in [-0.2, 0) is 17.8 Å². The zero-order chi connectivity index (χ0) is 21.1. The van der Waals surface area contributed by atoms with Gasteiger partial charge < -0.3 is 0 Å². The molecule has 3 nitrogen and oxygen atoms in total. The summed E-state index contributed by atoms with van der Waals surface area (Å²) in [6.07, 6.45) is 0.287. The fraction of sp³-hybridized carbons (Fsp3) is 0.200. The van der Waals surface area contributed by atoms with Gasteiger partial charge >= 0.3 is 0 Å². The third kappa shape index (κ3) is 4.57. The highest BCUT2D eigenvalue weighted by molar-refractivity contribution is 7.22. The second kappa shape index (κ2) is 8.76. The second-order valence-electron chi connectivity index (χ2n) is 7.65. The number of aromatic nitrogens is 1. The third-order valence-corrected chi connectivity index (χ3v) is 6.10. The van der Waals surface area contributed by atoms with Crippen molar-refractivity contribution in [1.82, 2.24) is 4.98 Å². The third-order valence-electron chi connectivity index (χ3n) is 5.06. The lowest BCUT2D eigenvalue weighted by atomic mass is 10.0. The van der Waals surface area contributed by atoms with E-state index in [1.54, 1.807) is 11.0 Å². The van der Waals surface area contributed by atoms with Crippen LogP contribution >= 0.6 is 11.3 Å². The van der Waals surface area contributed by atoms with E-state index in [4.69, 9.17) is 0 Å². The predicted octanol–water partition coefficient (Wildman–Crippen LogP) is 6.33. The van der Waals surface area contributed by atoms with Crippen molar-refractivity contribution < 1.29 is 9.18 Å². The lowest BCUT2D eigenvalue weighted by Crippen LogP contribution is -2.31. The maximum Gasteiger partial charge on any atom is 0.233 e. The van der Waals surface area contributed by atoms with Gasteiger partial charge in [-0.3, -0.25) is 9.69 Å². The number of hydrogen-bond acceptors (Lipinski definition) is 3. The lowest BCUT2D eigenvalue weighted by Gasteiger charge is -2.20. The second-order valence-corrected chi connectivity index (χ2v) is 8.66. The van der Waals surface area contributed by atoms with Gasteiger partial charge in [0.1, 0.15) is 5.82 Å². The Labute approximate surface area is 179 Å². The van der Waals surface area contributed by atoms with Crippen LogP contribution in [0, 0.1) is 5.82 Å². The topological polar surface area (TPSA) is 33.2 Å². The molecule has 0 saturated heterocycles. The summed E-state index contributed by atoms with van der Waals surface area (Å²) >= 11 is 1.34. The summed E-state index contributed by atoms with van der Waals surface area (Å²) in [5.41, 5.74) is 3.94. The van der Waals surface area contributed by atoms with E-state index in [0.29, 0.717) is 23.1 Å². The SMILES string of the molecule is CC(C)c1ccc(CC(=O)N(Cc2ccccc2)c2nc3ccc(F)cc3s2)cc1. The lowest BCUT2D eigenvalue weighted by molar-refractivity contribution is -0.118. The molecule has 1 amide bonds. The van der Waals surface area contributed by atoms with Crippen LogP contribution in [0.5, 0.6) is 0 Å². The summed E-state index contributed by atoms with van der Waals surface area (Å²) in [7, 11) is 0. The molecular weight excluding hydrogens is 395 g/mol. The molecule has 0 aliphatic carbocycles. The fourth-order valence-electron chi connectivity index (χ4n) is 3.32. The van der Waals surface area contributed by atoms with Gasteiger partial charge in [-0.1, -0.05) is 79.8 Å². The molecule has 0 aliphatic heterocycles. The number of thiazole rings is 1. The quantitative estimate of drug-likeness (QED) is 0.366. The Kier molecular flexibility index (Phi) is 5.91. The maximum atomic E-state index is 13.6. The van der Waals surface area contributed by atoms with Crippen molar-refractivity contribution in [1.29, 1.82) is 0 Å². The Hall–Kier alpha value is -3.05. The van der Waals surface area contributed by atoms with Crippen LogP contribution in [0.15, 0.2) is 72.8 Å². The van der Waals surface area contributed by atoms with Gasteiger partial charge in [-0.15, -0.1) is 0 Å². The molecule has 5 heteroatoms. The Bertz CT molecular complexity index is 1150. The number of anilines is 1. The molecule has 0 unspecified atom stereocenters. The van der Waals surface area contributed by atoms with Crippen molar-refractivity contribution in [3.8, 4) is 0 Å². The van der Waals surface area contributed by atoms with Crippen LogP contribution in [0.25, 0.3) is 10.2 Å². The summed E-state index contributed by atoms with van der Waals surface area (Å²) in [6, 6.07) is 22.5. The van der Waals surface area contributed by atoms with E-state index in [2.05, 4.69) is 31.0 Å². The summed E-state index contributed by atoms with van der Waals surface area (Å²) in [4.78, 5) is 19.6. The molecule has 4 rings (SSSR count). The van der Waals surface area contributed by atoms with E-state index in [1.807, 2.05) is 42.5 Å². The molecular formula is C25H23FN2OS. The number of benzene rings is 3. The Balaban J connectivity index is 1.64. The number of rotatable bonds is 6. The molecule has 0 atom stereocenters. The first-order chi connectivity index (χ1) is 14.5. The number of nitrogens with zero attached hydrogens (tertiary/aromatic N) is 2. The van der Waals surface area contributed by atoms with E-state index in [-0.39, 0.29) is 18.1 Å². The molecule has 0 fully saturated rings. The number of carbonyl (C=O) groups excluding carboxylic acids is 1. The standard InChI is InChI=1S/C25H23FN2OS/c1-17(2)20-10-8-18(9-11-20)14-24(29)28(16-19-6-4-3-5-7-19)25-27-22-13-12-21(26)15-23(22)30-25/h3-13,15,17H,14,16H2,1-2H3. The van der Waals surface area contributed by atoms with E-state index in [1.165, 1.54) is 29.0 Å². The minimum atomic E-state index is -0.302. The zero-order valence-electron chi connectivity index (χ0n) is 17.0. The molecule has 3 aromatic carbocycles. The minimum absolute atomic E-state index is 0.0318. The van der Waals surface area contributed by atoms with Gasteiger partial charge in [-0.2, -0.15) is 0 Å². The van der Waals surface area contributed by atoms with Crippen molar-refractivity contribution in [3.05, 3.63) is 95.3 Å². The van der Waals surface area contributed by atoms with Crippen molar-refractivity contribution in [2.24, 2.45) is 0 Å². The first-order valence-electron chi connectivity index (χ1n) is 9.99. The average molecular weight is 419 g/mol. The van der Waals surface area contributed by atoms with Gasteiger partial charge in [0.2, 0.25) is 5.91 Å². The normalized spacial score (nSPS) is 11.2. The predicted molar refractivity (Wildman–Crippen MR) is 121 cm³/mol. The van der Waals surface area contributed by atoms with Gasteiger partial charge in [0, 0.05) is 0 Å². The number of halogens is 1. The molecule has 1 aromatic heterocycles. The molecule has 4 aromatic rings. The molecule has 0 saturated carbocycles. The summed E-state index contributed by atoms with van der Waals surface area (Å²) in [5.74, 6) is 0.118. The molecule has 0 N–H and O–H groups in total. The van der Waals surface area contributed by atoms with Gasteiger partial charge in [-0.05, 0) is 40.8 Å². The summed E-state index contributed by atoms with van der Waals surface area (Å²) in [6.45, 7) is 4.72. The molecule has 0 bridgehead atoms. The maximum absolute atomic E-state index is 13.6. The summed E-state index contributed by atoms with van der Waals surface area (Å²) in [5, 5.41) is 0.586. The number of amides is 1. The summed E-state index contributed by atoms with van der Waals surface area (Å²) < 4.78 is 14.4. The molecule has 0 aliphatic rings. The number of carbonyl (C=O) groups is 1. The smallest absolute Gasteiger partial charge is 0.233 e. The minimum Gasteiger partial charge on any atom is -0.283 e. The average Bonchev–Trinajstić information content (AvgIpc) is 3.15. The van der Waals surface area contributed by atoms with Crippen LogP contribution < -0.4 is 4.90 Å². The Morgan fingerprint density at radius 2 is 1.73 bits per heavy atom. The van der Waals surface area contributed by atoms with Crippen molar-refractivity contribution in [2.75, 3.05) is 4.90 Å². The van der Waals surface area contributed by atoms with Crippen LogP contribution in [0.4, 0.5) is 9.52 Å². The highest BCUT2D eigenvalue weighted by Gasteiger charge is 2.21. The van der Waals surface area contributed by atoms with E-state index < -0.39 is 0 Å². The van der Waals surface area contributed by atoms with E-state index >= 15 is 0 Å². The molecule has 30 heavy (non-hydrogen) atoms. The Morgan fingerprint density at radius 1 is 1.00 bits per heavy atom. The van der Waals surface area contributed by atoms with E-state index in [9.17, 15) is 9.18 Å². The molecule has 152 valence electrons. The fourth-order valence-corrected chi connectivity index (χ4v) is 4.33. The highest BCUT2D eigenvalue weighted by atomic mass is 32.1. The number of fused-ring (bicyclic) bond motifs is 1. The van der Waals surface area contributed by atoms with Gasteiger partial charge in [0.25, 0.3) is 0 Å². The monoisotopic (exact) mass is 418 g/mol. The van der Waals surface area contributed by atoms with Crippen LogP contribution in [0.3, 0.4) is 0 Å². The first-order valence-corrected chi connectivity index (χ1v) is 10.8.